The van der Waals surface area contributed by atoms with Gasteiger partial charge in [-0.25, -0.2) is 42.1 Å². The number of hydrogen-bond acceptors (Lipinski definition) is 30. The van der Waals surface area contributed by atoms with Gasteiger partial charge in [0.2, 0.25) is 11.9 Å². The van der Waals surface area contributed by atoms with Gasteiger partial charge < -0.3 is 53.4 Å². The molecule has 0 aliphatic carbocycles. The Morgan fingerprint density at radius 1 is 0.629 bits per heavy atom. The number of nitrogens with one attached hydrogen (secondary N) is 2. The van der Waals surface area contributed by atoms with E-state index in [1.54, 1.807) is 0 Å². The molecule has 0 saturated heterocycles. The Balaban J connectivity index is 0.00000952. The maximum atomic E-state index is 13.1. The number of rotatable bonds is 20. The van der Waals surface area contributed by atoms with Gasteiger partial charge in [0.25, 0.3) is 0 Å². The third-order valence-electron chi connectivity index (χ3n) is 8.08. The van der Waals surface area contributed by atoms with E-state index < -0.39 is 144 Å². The van der Waals surface area contributed by atoms with Gasteiger partial charge in [0.05, 0.1) is 64.6 Å². The predicted octanol–water partition coefficient (Wildman–Crippen LogP) is -14.1. The van der Waals surface area contributed by atoms with Crippen molar-refractivity contribution in [3.05, 3.63) is 48.5 Å². The van der Waals surface area contributed by atoms with Crippen LogP contribution in [0.2, 0.25) is 0 Å². The molecule has 3 N–H and O–H groups in total. The predicted molar refractivity (Wildman–Crippen MR) is 208 cm³/mol. The van der Waals surface area contributed by atoms with Crippen LogP contribution in [0.3, 0.4) is 0 Å². The molecule has 0 saturated carbocycles. The van der Waals surface area contributed by atoms with Crippen LogP contribution >= 0.6 is 12.3 Å². The van der Waals surface area contributed by atoms with Crippen molar-refractivity contribution in [3.8, 4) is 23.3 Å². The van der Waals surface area contributed by atoms with Crippen molar-refractivity contribution in [2.24, 2.45) is 10.2 Å². The van der Waals surface area contributed by atoms with Crippen molar-refractivity contribution in [2.75, 3.05) is 44.3 Å². The first kappa shape index (κ1) is 69.3. The van der Waals surface area contributed by atoms with Crippen LogP contribution in [0.15, 0.2) is 83.2 Å². The van der Waals surface area contributed by atoms with Gasteiger partial charge in [0.15, 0.2) is 27.9 Å². The van der Waals surface area contributed by atoms with Gasteiger partial charge in [-0.15, -0.1) is 14.6 Å². The summed E-state index contributed by atoms with van der Waals surface area (Å²) in [6.45, 7) is -0.531. The molecule has 0 aliphatic heterocycles. The largest absolute Gasteiger partial charge is 1.00 e. The summed E-state index contributed by atoms with van der Waals surface area (Å²) in [7, 11) is -22.9. The van der Waals surface area contributed by atoms with Gasteiger partial charge >= 0.3 is 154 Å². The molecule has 0 radical (unpaired) electrons. The smallest absolute Gasteiger partial charge is 0.744 e. The summed E-state index contributed by atoms with van der Waals surface area (Å²) in [6.07, 6.45) is 0. The number of hydrogen-bond donors (Lipinski definition) is 3. The summed E-state index contributed by atoms with van der Waals surface area (Å²) in [4.78, 5) is 6.55. The van der Waals surface area contributed by atoms with Crippen LogP contribution in [0.25, 0.3) is 10.8 Å². The second-order valence-electron chi connectivity index (χ2n) is 12.1. The van der Waals surface area contributed by atoms with Crippen molar-refractivity contribution >= 4 is 108 Å². The summed E-state index contributed by atoms with van der Waals surface area (Å²) in [5.74, 6) is -4.19. The van der Waals surface area contributed by atoms with E-state index in [0.29, 0.717) is 36.4 Å². The molecule has 0 amide bonds. The van der Waals surface area contributed by atoms with Crippen LogP contribution in [0.1, 0.15) is 0 Å². The number of fused-ring (bicyclic) bond motifs is 1. The van der Waals surface area contributed by atoms with Crippen LogP contribution in [0.4, 0.5) is 34.6 Å². The number of ether oxygens (including phenoxy) is 3. The summed E-state index contributed by atoms with van der Waals surface area (Å²) < 4.78 is 196. The standard InChI is InChI=1S/C30H29N7O22S6.5Na/c1-54-20-13-23(61(40,41)7-6-57-60-59-58-39)21(55-2)12-17(20)36-37-26-24(65(51,52)53)9-14-8-16(63(45,46)47)11-19(25(14)27(26)38)32-29-33-28(34-30(35-29)56-3)31-18-10-15(62(42,43)44)4-5-22(18)64(48,49)50;;;;;/h4-5,8-13,38-39H,6-7H2,1-3H3,(H,42,43,44)(H,45,46,47)(H,48,49,50)(H,51,52,53)(H2,31,32,33,34,35);;;;;/q;5*+1/p-5. The monoisotopic (exact) mass is 1140 g/mol. The fraction of sp³-hybridized carbons (Fsp3) is 0.167. The summed E-state index contributed by atoms with van der Waals surface area (Å²) in [5, 5.41) is 35.6. The molecule has 1 aromatic heterocycles. The quantitative estimate of drug-likeness (QED) is 0.0124. The van der Waals surface area contributed by atoms with Crippen LogP contribution in [-0.4, -0.2) is 114 Å². The number of aromatic nitrogens is 3. The average Bonchev–Trinajstić information content (AvgIpc) is 3.21. The van der Waals surface area contributed by atoms with Gasteiger partial charge in [0, 0.05) is 17.5 Å². The third kappa shape index (κ3) is 17.7. The number of sulfone groups is 1. The number of benzene rings is 4. The van der Waals surface area contributed by atoms with E-state index in [2.05, 4.69) is 45.2 Å². The van der Waals surface area contributed by atoms with Gasteiger partial charge in [0.1, 0.15) is 68.2 Å². The number of nitrogens with zero attached hydrogens (tertiary/aromatic N) is 5. The molecular weight excluding hydrogens is 1120 g/mol. The molecule has 4 aromatic carbocycles. The topological polar surface area (TPSA) is 449 Å². The molecule has 5 rings (SSSR count). The van der Waals surface area contributed by atoms with Crippen LogP contribution in [0.5, 0.6) is 23.3 Å². The average molecular weight is 1140 g/mol. The number of methoxy groups -OCH3 is 3. The number of anilines is 4. The van der Waals surface area contributed by atoms with Crippen molar-refractivity contribution in [1.82, 2.24) is 15.0 Å². The molecule has 0 spiro atoms. The Labute approximate surface area is 512 Å². The Kier molecular flexibility index (Phi) is 28.2. The SMILES string of the molecule is COc1nc(Nc2cc(S(=O)(=O)[O-])ccc2S(=O)(=O)[O-])nc(Nc2cc(S(=O)(=O)[O-])cc3cc(S(=O)(=O)[O-])c(N=Nc4cc(OC)c(S(=O)(=O)CCOSOO[O-])cc4OC)c(O)c23)n1.[Na+].[Na+].[Na+].[Na+].[Na+]. The zero-order valence-electron chi connectivity index (χ0n) is 37.2. The Hall–Kier alpha value is -0.670. The Morgan fingerprint density at radius 2 is 1.19 bits per heavy atom. The van der Waals surface area contributed by atoms with Crippen molar-refractivity contribution in [3.63, 3.8) is 0 Å². The van der Waals surface area contributed by atoms with Gasteiger partial charge in [-0.05, 0) is 41.8 Å². The molecule has 0 unspecified atom stereocenters. The first-order valence-electron chi connectivity index (χ1n) is 16.5. The van der Waals surface area contributed by atoms with E-state index in [0.717, 1.165) is 33.5 Å². The van der Waals surface area contributed by atoms with Crippen molar-refractivity contribution < 1.29 is 246 Å². The first-order chi connectivity index (χ1) is 30.2. The second kappa shape index (κ2) is 28.5. The first-order valence-corrected chi connectivity index (χ1v) is 24.5. The minimum absolute atomic E-state index is 0. The van der Waals surface area contributed by atoms with E-state index in [-0.39, 0.29) is 172 Å². The molecule has 0 aliphatic rings. The van der Waals surface area contributed by atoms with Gasteiger partial charge in [-0.1, -0.05) is 0 Å². The molecule has 1 heterocycles. The van der Waals surface area contributed by atoms with E-state index in [4.69, 9.17) is 18.4 Å². The minimum atomic E-state index is -5.69. The minimum Gasteiger partial charge on any atom is -0.744 e. The molecule has 0 atom stereocenters. The fourth-order valence-corrected chi connectivity index (χ4v) is 9.23. The maximum Gasteiger partial charge on any atom is 1.00 e. The van der Waals surface area contributed by atoms with Crippen molar-refractivity contribution in [1.29, 1.82) is 0 Å². The Morgan fingerprint density at radius 3 is 1.70 bits per heavy atom. The summed E-state index contributed by atoms with van der Waals surface area (Å²) in [5.41, 5.74) is -3.03. The molecular formula is C30H24N7Na5O22S6. The third-order valence-corrected chi connectivity index (χ3v) is 13.5. The molecule has 0 bridgehead atoms. The zero-order chi connectivity index (χ0) is 48.3. The normalized spacial score (nSPS) is 11.8. The van der Waals surface area contributed by atoms with Crippen LogP contribution in [-0.2, 0) is 63.9 Å². The molecule has 5 aromatic rings. The fourth-order valence-electron chi connectivity index (χ4n) is 5.37. The number of phenolic OH excluding ortho intramolecular Hbond substituents is 1. The van der Waals surface area contributed by atoms with E-state index in [1.165, 1.54) is 0 Å². The number of aromatic hydroxyl groups is 1. The Bertz CT molecular complexity index is 3310. The van der Waals surface area contributed by atoms with Crippen LogP contribution < -0.4 is 178 Å². The number of phenols is 1. The number of azo groups is 1. The molecule has 0 fully saturated rings. The van der Waals surface area contributed by atoms with Gasteiger partial charge in [-0.2, -0.15) is 15.0 Å². The molecule has 29 nitrogen and oxygen atoms in total. The van der Waals surface area contributed by atoms with E-state index in [9.17, 15) is 70.7 Å². The summed E-state index contributed by atoms with van der Waals surface area (Å²) in [6, 6.07) is 4.40. The maximum absolute atomic E-state index is 13.1. The summed E-state index contributed by atoms with van der Waals surface area (Å²) >= 11 is 0.0470. The van der Waals surface area contributed by atoms with Gasteiger partial charge in [-0.3, -0.25) is 9.22 Å². The van der Waals surface area contributed by atoms with E-state index >= 15 is 0 Å². The molecule has 40 heteroatoms. The van der Waals surface area contributed by atoms with Crippen LogP contribution in [0, 0.1) is 0 Å². The molecule has 70 heavy (non-hydrogen) atoms. The zero-order valence-corrected chi connectivity index (χ0v) is 52.1. The molecule has 352 valence electrons. The second-order valence-corrected chi connectivity index (χ2v) is 20.1. The van der Waals surface area contributed by atoms with E-state index in [1.807, 2.05) is 0 Å². The van der Waals surface area contributed by atoms with Crippen molar-refractivity contribution in [2.45, 2.75) is 24.5 Å².